The first-order valence-corrected chi connectivity index (χ1v) is 9.94. The van der Waals surface area contributed by atoms with E-state index in [1.807, 2.05) is 6.92 Å². The van der Waals surface area contributed by atoms with E-state index in [1.165, 1.54) is 0 Å². The number of aromatic nitrogens is 3. The third kappa shape index (κ3) is 7.15. The number of nitro groups is 1. The van der Waals surface area contributed by atoms with Crippen LogP contribution in [0.15, 0.2) is 18.3 Å². The van der Waals surface area contributed by atoms with Gasteiger partial charge in [-0.2, -0.15) is 23.1 Å². The highest BCUT2D eigenvalue weighted by Gasteiger charge is 2.33. The monoisotopic (exact) mass is 472 g/mol. The Bertz CT molecular complexity index is 972. The maximum atomic E-state index is 12.8. The molecule has 33 heavy (non-hydrogen) atoms. The quantitative estimate of drug-likeness (QED) is 0.224. The molecule has 0 unspecified atom stereocenters. The van der Waals surface area contributed by atoms with Crippen LogP contribution in [0.2, 0.25) is 0 Å². The van der Waals surface area contributed by atoms with Crippen LogP contribution in [0, 0.1) is 10.1 Å². The number of rotatable bonds is 11. The largest absolute Gasteiger partial charge is 0.465 e. The van der Waals surface area contributed by atoms with Gasteiger partial charge in [0.25, 0.3) is 0 Å². The zero-order chi connectivity index (χ0) is 24.6. The average molecular weight is 472 g/mol. The van der Waals surface area contributed by atoms with E-state index in [2.05, 4.69) is 15.0 Å². The van der Waals surface area contributed by atoms with Gasteiger partial charge in [0.2, 0.25) is 11.6 Å². The molecule has 0 fully saturated rings. The highest BCUT2D eigenvalue weighted by atomic mass is 19.4. The molecule has 0 aliphatic rings. The summed E-state index contributed by atoms with van der Waals surface area (Å²) in [6.07, 6.45) is -2.20. The molecule has 2 aromatic heterocycles. The van der Waals surface area contributed by atoms with Crippen molar-refractivity contribution in [1.82, 2.24) is 15.0 Å². The molecule has 0 amide bonds. The Hall–Kier alpha value is -3.71. The van der Waals surface area contributed by atoms with Gasteiger partial charge in [0.15, 0.2) is 0 Å². The Morgan fingerprint density at radius 1 is 1.27 bits per heavy atom. The molecule has 0 saturated heterocycles. The van der Waals surface area contributed by atoms with Gasteiger partial charge in [-0.3, -0.25) is 19.9 Å². The van der Waals surface area contributed by atoms with Crippen molar-refractivity contribution in [3.05, 3.63) is 39.7 Å². The number of alkyl halides is 3. The predicted octanol–water partition coefficient (Wildman–Crippen LogP) is 3.13. The van der Waals surface area contributed by atoms with E-state index in [0.717, 1.165) is 29.7 Å². The number of unbranched alkanes of at least 4 members (excludes halogenated alkanes) is 1. The minimum atomic E-state index is -4.63. The van der Waals surface area contributed by atoms with Crippen LogP contribution in [0.4, 0.5) is 30.5 Å². The number of anilines is 2. The molecule has 2 rings (SSSR count). The van der Waals surface area contributed by atoms with Crippen LogP contribution >= 0.6 is 0 Å². The first-order chi connectivity index (χ1) is 15.6. The normalized spacial score (nSPS) is 11.2. The minimum Gasteiger partial charge on any atom is -0.465 e. The second-order valence-electron chi connectivity index (χ2n) is 6.73. The molecule has 2 aromatic rings. The highest BCUT2D eigenvalue weighted by molar-refractivity contribution is 5.78. The Kier molecular flexibility index (Phi) is 8.70. The fraction of sp³-hybridized carbons (Fsp3) is 0.474. The number of ether oxygens (including phenoxy) is 2. The number of pyridine rings is 1. The van der Waals surface area contributed by atoms with Gasteiger partial charge >= 0.3 is 23.8 Å². The Morgan fingerprint density at radius 2 is 2.00 bits per heavy atom. The summed E-state index contributed by atoms with van der Waals surface area (Å²) < 4.78 is 48.7. The maximum Gasteiger partial charge on any atom is 0.433 e. The van der Waals surface area contributed by atoms with E-state index in [9.17, 15) is 28.1 Å². The van der Waals surface area contributed by atoms with Crippen LogP contribution in [0.1, 0.15) is 37.9 Å². The lowest BCUT2D eigenvalue weighted by Crippen LogP contribution is -2.32. The van der Waals surface area contributed by atoms with Crippen molar-refractivity contribution < 1.29 is 32.4 Å². The highest BCUT2D eigenvalue weighted by Crippen LogP contribution is 2.34. The first-order valence-electron chi connectivity index (χ1n) is 9.94. The molecule has 0 radical (unpaired) electrons. The zero-order valence-electron chi connectivity index (χ0n) is 18.0. The van der Waals surface area contributed by atoms with Gasteiger partial charge in [-0.15, -0.1) is 0 Å². The van der Waals surface area contributed by atoms with Crippen LogP contribution in [0.3, 0.4) is 0 Å². The number of nitrogens with two attached hydrogens (primary N) is 1. The molecule has 0 bridgehead atoms. The second-order valence-corrected chi connectivity index (χ2v) is 6.73. The van der Waals surface area contributed by atoms with Gasteiger partial charge < -0.3 is 20.1 Å². The van der Waals surface area contributed by atoms with Crippen molar-refractivity contribution in [2.45, 2.75) is 39.4 Å². The van der Waals surface area contributed by atoms with E-state index in [1.54, 1.807) is 6.92 Å². The molecule has 0 saturated carbocycles. The molecule has 11 nitrogen and oxygen atoms in total. The summed E-state index contributed by atoms with van der Waals surface area (Å²) in [5.41, 5.74) is 4.21. The van der Waals surface area contributed by atoms with E-state index in [0.29, 0.717) is 6.42 Å². The van der Waals surface area contributed by atoms with Crippen molar-refractivity contribution in [2.75, 3.05) is 30.4 Å². The van der Waals surface area contributed by atoms with Gasteiger partial charge in [0.05, 0.1) is 18.1 Å². The van der Waals surface area contributed by atoms with Gasteiger partial charge in [-0.25, -0.2) is 0 Å². The topological polar surface area (TPSA) is 147 Å². The SMILES string of the molecule is CCCCOc1nc(N)c([N+](=O)[O-])c(N(CC(=O)OCC)Cc2ccc(C(F)(F)F)nc2)n1. The maximum absolute atomic E-state index is 12.8. The molecule has 2 N–H and O–H groups in total. The van der Waals surface area contributed by atoms with Crippen molar-refractivity contribution in [3.63, 3.8) is 0 Å². The number of nitrogen functional groups attached to an aromatic ring is 1. The molecular weight excluding hydrogens is 449 g/mol. The summed E-state index contributed by atoms with van der Waals surface area (Å²) in [5.74, 6) is -1.57. The standard InChI is InChI=1S/C19H23F3N6O5/c1-3-5-8-33-18-25-16(23)15(28(30)31)17(26-18)27(11-14(29)32-4-2)10-12-6-7-13(24-9-12)19(20,21)22/h6-7,9H,3-5,8,10-11H2,1-2H3,(H2,23,25,26). The van der Waals surface area contributed by atoms with Crippen LogP contribution < -0.4 is 15.4 Å². The summed E-state index contributed by atoms with van der Waals surface area (Å²) in [4.78, 5) is 35.4. The van der Waals surface area contributed by atoms with E-state index < -0.39 is 40.8 Å². The number of carbonyl (C=O) groups is 1. The van der Waals surface area contributed by atoms with Crippen LogP contribution in [0.25, 0.3) is 0 Å². The van der Waals surface area contributed by atoms with E-state index in [4.69, 9.17) is 15.2 Å². The van der Waals surface area contributed by atoms with Crippen LogP contribution in [-0.4, -0.2) is 45.6 Å². The minimum absolute atomic E-state index is 0.0495. The predicted molar refractivity (Wildman–Crippen MR) is 110 cm³/mol. The molecule has 0 spiro atoms. The summed E-state index contributed by atoms with van der Waals surface area (Å²) >= 11 is 0. The van der Waals surface area contributed by atoms with Crippen molar-refractivity contribution in [1.29, 1.82) is 0 Å². The number of halogens is 3. The van der Waals surface area contributed by atoms with E-state index >= 15 is 0 Å². The van der Waals surface area contributed by atoms with Crippen LogP contribution in [-0.2, 0) is 22.3 Å². The molecule has 14 heteroatoms. The molecule has 0 aromatic carbocycles. The van der Waals surface area contributed by atoms with Gasteiger partial charge in [0, 0.05) is 12.7 Å². The summed E-state index contributed by atoms with van der Waals surface area (Å²) in [6, 6.07) is 1.67. The van der Waals surface area contributed by atoms with Crippen LogP contribution in [0.5, 0.6) is 6.01 Å². The fourth-order valence-corrected chi connectivity index (χ4v) is 2.68. The molecule has 0 atom stereocenters. The summed E-state index contributed by atoms with van der Waals surface area (Å²) in [7, 11) is 0. The number of nitrogens with zero attached hydrogens (tertiary/aromatic N) is 5. The number of hydrogen-bond donors (Lipinski definition) is 1. The fourth-order valence-electron chi connectivity index (χ4n) is 2.68. The number of hydrogen-bond acceptors (Lipinski definition) is 10. The second kappa shape index (κ2) is 11.2. The average Bonchev–Trinajstić information content (AvgIpc) is 2.72. The summed E-state index contributed by atoms with van der Waals surface area (Å²) in [6.45, 7) is 3.03. The van der Waals surface area contributed by atoms with Crippen molar-refractivity contribution in [2.24, 2.45) is 0 Å². The number of esters is 1. The summed E-state index contributed by atoms with van der Waals surface area (Å²) in [5, 5.41) is 11.7. The van der Waals surface area contributed by atoms with Gasteiger partial charge in [0.1, 0.15) is 12.2 Å². The van der Waals surface area contributed by atoms with Crippen molar-refractivity contribution >= 4 is 23.3 Å². The molecule has 0 aliphatic carbocycles. The van der Waals surface area contributed by atoms with E-state index in [-0.39, 0.29) is 37.2 Å². The molecule has 0 aliphatic heterocycles. The molecule has 180 valence electrons. The Labute approximate surface area is 186 Å². The lowest BCUT2D eigenvalue weighted by molar-refractivity contribution is -0.383. The Balaban J connectivity index is 2.48. The third-order valence-corrected chi connectivity index (χ3v) is 4.20. The number of carbonyl (C=O) groups excluding carboxylic acids is 1. The first kappa shape index (κ1) is 25.5. The molecule has 2 heterocycles. The van der Waals surface area contributed by atoms with Gasteiger partial charge in [-0.1, -0.05) is 19.4 Å². The zero-order valence-corrected chi connectivity index (χ0v) is 18.0. The Morgan fingerprint density at radius 3 is 2.55 bits per heavy atom. The van der Waals surface area contributed by atoms with Crippen molar-refractivity contribution in [3.8, 4) is 6.01 Å². The molecular formula is C19H23F3N6O5. The lowest BCUT2D eigenvalue weighted by Gasteiger charge is -2.23. The third-order valence-electron chi connectivity index (χ3n) is 4.20. The lowest BCUT2D eigenvalue weighted by atomic mass is 10.2. The van der Waals surface area contributed by atoms with Gasteiger partial charge in [-0.05, 0) is 25.0 Å². The smallest absolute Gasteiger partial charge is 0.433 e.